The van der Waals surface area contributed by atoms with Crippen molar-refractivity contribution in [1.29, 1.82) is 0 Å². The Morgan fingerprint density at radius 2 is 2.05 bits per heavy atom. The molecule has 1 atom stereocenters. The van der Waals surface area contributed by atoms with Gasteiger partial charge in [-0.15, -0.1) is 0 Å². The van der Waals surface area contributed by atoms with E-state index < -0.39 is 31.1 Å². The SMILES string of the molecule is O=C(O)CN(CC(F)(F)F)C(=O)CCC1CCCO1. The molecule has 0 bridgehead atoms. The van der Waals surface area contributed by atoms with Crippen molar-refractivity contribution in [3.63, 3.8) is 0 Å². The number of amides is 1. The number of carbonyl (C=O) groups is 2. The number of alkyl halides is 3. The highest BCUT2D eigenvalue weighted by Crippen LogP contribution is 2.20. The van der Waals surface area contributed by atoms with Crippen LogP contribution in [0, 0.1) is 0 Å². The van der Waals surface area contributed by atoms with Crippen LogP contribution in [0.25, 0.3) is 0 Å². The summed E-state index contributed by atoms with van der Waals surface area (Å²) in [5.41, 5.74) is 0. The van der Waals surface area contributed by atoms with Crippen LogP contribution in [0.4, 0.5) is 13.2 Å². The van der Waals surface area contributed by atoms with Crippen molar-refractivity contribution in [2.45, 2.75) is 38.0 Å². The van der Waals surface area contributed by atoms with Gasteiger partial charge in [0.25, 0.3) is 0 Å². The number of aliphatic carboxylic acids is 1. The second-order valence-corrected chi connectivity index (χ2v) is 4.43. The van der Waals surface area contributed by atoms with Crippen LogP contribution < -0.4 is 0 Å². The Bertz CT molecular complexity index is 326. The fourth-order valence-corrected chi connectivity index (χ4v) is 1.93. The number of carboxylic acid groups (broad SMARTS) is 1. The summed E-state index contributed by atoms with van der Waals surface area (Å²) >= 11 is 0. The Morgan fingerprint density at radius 3 is 2.53 bits per heavy atom. The Morgan fingerprint density at radius 1 is 1.37 bits per heavy atom. The van der Waals surface area contributed by atoms with Gasteiger partial charge in [0.05, 0.1) is 6.10 Å². The maximum absolute atomic E-state index is 12.2. The van der Waals surface area contributed by atoms with E-state index in [1.165, 1.54) is 0 Å². The molecule has 0 saturated carbocycles. The summed E-state index contributed by atoms with van der Waals surface area (Å²) in [7, 11) is 0. The fraction of sp³-hybridized carbons (Fsp3) is 0.818. The van der Waals surface area contributed by atoms with Crippen LogP contribution in [0.15, 0.2) is 0 Å². The molecule has 1 unspecified atom stereocenters. The molecule has 1 aliphatic heterocycles. The number of rotatable bonds is 6. The minimum atomic E-state index is -4.60. The minimum Gasteiger partial charge on any atom is -0.480 e. The van der Waals surface area contributed by atoms with Crippen LogP contribution in [0.2, 0.25) is 0 Å². The van der Waals surface area contributed by atoms with E-state index in [-0.39, 0.29) is 12.5 Å². The van der Waals surface area contributed by atoms with Gasteiger partial charge in [0.1, 0.15) is 13.1 Å². The van der Waals surface area contributed by atoms with Gasteiger partial charge >= 0.3 is 12.1 Å². The molecule has 8 heteroatoms. The molecule has 1 saturated heterocycles. The van der Waals surface area contributed by atoms with Crippen LogP contribution >= 0.6 is 0 Å². The second kappa shape index (κ2) is 6.74. The number of hydrogen-bond acceptors (Lipinski definition) is 3. The van der Waals surface area contributed by atoms with Crippen molar-refractivity contribution in [2.75, 3.05) is 19.7 Å². The predicted molar refractivity (Wildman–Crippen MR) is 58.5 cm³/mol. The van der Waals surface area contributed by atoms with Crippen LogP contribution in [0.1, 0.15) is 25.7 Å². The average Bonchev–Trinajstić information content (AvgIpc) is 2.75. The van der Waals surface area contributed by atoms with E-state index in [0.29, 0.717) is 17.9 Å². The van der Waals surface area contributed by atoms with Crippen molar-refractivity contribution in [1.82, 2.24) is 4.90 Å². The quantitative estimate of drug-likeness (QED) is 0.800. The first-order valence-corrected chi connectivity index (χ1v) is 5.96. The molecule has 1 N–H and O–H groups in total. The zero-order valence-electron chi connectivity index (χ0n) is 10.3. The first-order chi connectivity index (χ1) is 8.78. The highest BCUT2D eigenvalue weighted by Gasteiger charge is 2.34. The van der Waals surface area contributed by atoms with Crippen LogP contribution in [0.5, 0.6) is 0 Å². The maximum Gasteiger partial charge on any atom is 0.406 e. The lowest BCUT2D eigenvalue weighted by Crippen LogP contribution is -2.42. The Kier molecular flexibility index (Phi) is 5.59. The standard InChI is InChI=1S/C11H16F3NO4/c12-11(13,14)7-15(6-10(17)18)9(16)4-3-8-2-1-5-19-8/h8H,1-7H2,(H,17,18). The zero-order chi connectivity index (χ0) is 14.5. The molecular weight excluding hydrogens is 267 g/mol. The third kappa shape index (κ3) is 6.42. The van der Waals surface area contributed by atoms with Crippen molar-refractivity contribution < 1.29 is 32.6 Å². The second-order valence-electron chi connectivity index (χ2n) is 4.43. The molecule has 1 rings (SSSR count). The lowest BCUT2D eigenvalue weighted by molar-refractivity contribution is -0.166. The number of hydrogen-bond donors (Lipinski definition) is 1. The third-order valence-electron chi connectivity index (χ3n) is 2.75. The van der Waals surface area contributed by atoms with E-state index in [4.69, 9.17) is 9.84 Å². The Hall–Kier alpha value is -1.31. The summed E-state index contributed by atoms with van der Waals surface area (Å²) in [6.45, 7) is -1.88. The first-order valence-electron chi connectivity index (χ1n) is 5.96. The topological polar surface area (TPSA) is 66.8 Å². The first kappa shape index (κ1) is 15.7. The smallest absolute Gasteiger partial charge is 0.406 e. The summed E-state index contributed by atoms with van der Waals surface area (Å²) in [5, 5.41) is 8.52. The van der Waals surface area contributed by atoms with Crippen LogP contribution in [-0.4, -0.2) is 53.9 Å². The fourth-order valence-electron chi connectivity index (χ4n) is 1.93. The van der Waals surface area contributed by atoms with Gasteiger partial charge in [-0.1, -0.05) is 0 Å². The van der Waals surface area contributed by atoms with Gasteiger partial charge in [0.15, 0.2) is 0 Å². The molecule has 1 amide bonds. The number of nitrogens with zero attached hydrogens (tertiary/aromatic N) is 1. The van der Waals surface area contributed by atoms with Crippen molar-refractivity contribution in [2.24, 2.45) is 0 Å². The van der Waals surface area contributed by atoms with Gasteiger partial charge in [0.2, 0.25) is 5.91 Å². The summed E-state index contributed by atoms with van der Waals surface area (Å²) in [6, 6.07) is 0. The van der Waals surface area contributed by atoms with Gasteiger partial charge in [-0.3, -0.25) is 9.59 Å². The zero-order valence-corrected chi connectivity index (χ0v) is 10.3. The largest absolute Gasteiger partial charge is 0.480 e. The highest BCUT2D eigenvalue weighted by molar-refractivity contribution is 5.81. The summed E-state index contributed by atoms with van der Waals surface area (Å²) in [5.74, 6) is -2.27. The van der Waals surface area contributed by atoms with E-state index in [1.807, 2.05) is 0 Å². The van der Waals surface area contributed by atoms with E-state index in [9.17, 15) is 22.8 Å². The number of halogens is 3. The van der Waals surface area contributed by atoms with E-state index in [0.717, 1.165) is 12.8 Å². The van der Waals surface area contributed by atoms with E-state index in [1.54, 1.807) is 0 Å². The number of ether oxygens (including phenoxy) is 1. The van der Waals surface area contributed by atoms with Gasteiger partial charge in [-0.05, 0) is 19.3 Å². The van der Waals surface area contributed by atoms with Crippen molar-refractivity contribution in [3.05, 3.63) is 0 Å². The van der Waals surface area contributed by atoms with Crippen molar-refractivity contribution in [3.8, 4) is 0 Å². The highest BCUT2D eigenvalue weighted by atomic mass is 19.4. The Balaban J connectivity index is 2.47. The normalized spacial score (nSPS) is 19.4. The van der Waals surface area contributed by atoms with Gasteiger partial charge in [-0.2, -0.15) is 13.2 Å². The molecule has 0 spiro atoms. The predicted octanol–water partition coefficient (Wildman–Crippen LogP) is 1.42. The van der Waals surface area contributed by atoms with Gasteiger partial charge in [0, 0.05) is 13.0 Å². The molecule has 0 aromatic carbocycles. The summed E-state index contributed by atoms with van der Waals surface area (Å²) < 4.78 is 42.0. The average molecular weight is 283 g/mol. The number of carbonyl (C=O) groups excluding carboxylic acids is 1. The molecule has 5 nitrogen and oxygen atoms in total. The maximum atomic E-state index is 12.2. The minimum absolute atomic E-state index is 0.110. The Labute approximate surface area is 108 Å². The summed E-state index contributed by atoms with van der Waals surface area (Å²) in [6.07, 6.45) is -2.86. The molecule has 1 aliphatic rings. The van der Waals surface area contributed by atoms with E-state index in [2.05, 4.69) is 0 Å². The molecular formula is C11H16F3NO4. The van der Waals surface area contributed by atoms with Crippen LogP contribution in [0.3, 0.4) is 0 Å². The third-order valence-corrected chi connectivity index (χ3v) is 2.75. The molecule has 1 heterocycles. The molecule has 1 fully saturated rings. The van der Waals surface area contributed by atoms with Gasteiger partial charge in [-0.25, -0.2) is 0 Å². The molecule has 0 aliphatic carbocycles. The molecule has 110 valence electrons. The lowest BCUT2D eigenvalue weighted by Gasteiger charge is -2.22. The molecule has 0 aromatic rings. The van der Waals surface area contributed by atoms with Gasteiger partial charge < -0.3 is 14.7 Å². The molecule has 0 radical (unpaired) electrons. The van der Waals surface area contributed by atoms with E-state index >= 15 is 0 Å². The van der Waals surface area contributed by atoms with Crippen molar-refractivity contribution >= 4 is 11.9 Å². The lowest BCUT2D eigenvalue weighted by atomic mass is 10.1. The molecule has 19 heavy (non-hydrogen) atoms. The van der Waals surface area contributed by atoms with Crippen LogP contribution in [-0.2, 0) is 14.3 Å². The summed E-state index contributed by atoms with van der Waals surface area (Å²) in [4.78, 5) is 22.4. The number of carboxylic acids is 1. The monoisotopic (exact) mass is 283 g/mol. The molecule has 0 aromatic heterocycles.